The third kappa shape index (κ3) is 2.88. The Labute approximate surface area is 107 Å². The standard InChI is InChI=1S/C14H17ClO2/c1-9-7-13(15)10(2)6-12(9)14(16)8-11-4-3-5-17-11/h6-7,11H,3-5,8H2,1-2H3. The van der Waals surface area contributed by atoms with Crippen LogP contribution in [-0.4, -0.2) is 18.5 Å². The van der Waals surface area contributed by atoms with E-state index in [-0.39, 0.29) is 11.9 Å². The van der Waals surface area contributed by atoms with Gasteiger partial charge in [0.1, 0.15) is 0 Å². The molecule has 0 bridgehead atoms. The normalized spacial score (nSPS) is 19.6. The van der Waals surface area contributed by atoms with Crippen LogP contribution in [0.4, 0.5) is 0 Å². The Kier molecular flexibility index (Phi) is 3.85. The third-order valence-corrected chi connectivity index (χ3v) is 3.65. The first-order valence-corrected chi connectivity index (χ1v) is 6.37. The number of hydrogen-bond donors (Lipinski definition) is 0. The molecule has 2 nitrogen and oxygen atoms in total. The van der Waals surface area contributed by atoms with E-state index < -0.39 is 0 Å². The number of rotatable bonds is 3. The summed E-state index contributed by atoms with van der Waals surface area (Å²) in [6.45, 7) is 4.63. The highest BCUT2D eigenvalue weighted by molar-refractivity contribution is 6.31. The molecule has 92 valence electrons. The van der Waals surface area contributed by atoms with E-state index in [1.807, 2.05) is 26.0 Å². The van der Waals surface area contributed by atoms with Gasteiger partial charge in [0.05, 0.1) is 6.10 Å². The summed E-state index contributed by atoms with van der Waals surface area (Å²) in [6, 6.07) is 3.74. The number of Topliss-reactive ketones (excluding diaryl/α,β-unsaturated/α-hetero) is 1. The number of carbonyl (C=O) groups is 1. The van der Waals surface area contributed by atoms with Gasteiger partial charge in [-0.2, -0.15) is 0 Å². The molecule has 1 unspecified atom stereocenters. The van der Waals surface area contributed by atoms with Gasteiger partial charge in [0.15, 0.2) is 5.78 Å². The van der Waals surface area contributed by atoms with Crippen molar-refractivity contribution in [3.05, 3.63) is 33.8 Å². The first-order chi connectivity index (χ1) is 8.08. The zero-order chi connectivity index (χ0) is 12.4. The average molecular weight is 253 g/mol. The van der Waals surface area contributed by atoms with Gasteiger partial charge in [-0.1, -0.05) is 11.6 Å². The molecule has 0 N–H and O–H groups in total. The molecule has 1 atom stereocenters. The summed E-state index contributed by atoms with van der Waals surface area (Å²) in [5.41, 5.74) is 2.68. The number of carbonyl (C=O) groups excluding carboxylic acids is 1. The summed E-state index contributed by atoms with van der Waals surface area (Å²) in [6.07, 6.45) is 2.66. The van der Waals surface area contributed by atoms with Crippen LogP contribution >= 0.6 is 11.6 Å². The van der Waals surface area contributed by atoms with Crippen molar-refractivity contribution < 1.29 is 9.53 Å². The van der Waals surface area contributed by atoms with E-state index in [2.05, 4.69) is 0 Å². The number of hydrogen-bond acceptors (Lipinski definition) is 2. The van der Waals surface area contributed by atoms with E-state index in [0.717, 1.165) is 41.2 Å². The van der Waals surface area contributed by atoms with Crippen LogP contribution in [-0.2, 0) is 4.74 Å². The third-order valence-electron chi connectivity index (χ3n) is 3.24. The first-order valence-electron chi connectivity index (χ1n) is 5.99. The molecule has 2 rings (SSSR count). The quantitative estimate of drug-likeness (QED) is 0.767. The topological polar surface area (TPSA) is 26.3 Å². The van der Waals surface area contributed by atoms with Crippen molar-refractivity contribution in [3.8, 4) is 0 Å². The molecular weight excluding hydrogens is 236 g/mol. The average Bonchev–Trinajstić information content (AvgIpc) is 2.76. The Balaban J connectivity index is 2.15. The van der Waals surface area contributed by atoms with Gasteiger partial charge >= 0.3 is 0 Å². The molecule has 1 heterocycles. The lowest BCUT2D eigenvalue weighted by molar-refractivity contribution is 0.0775. The molecule has 1 saturated heterocycles. The lowest BCUT2D eigenvalue weighted by Crippen LogP contribution is -2.13. The van der Waals surface area contributed by atoms with Crippen LogP contribution in [0.15, 0.2) is 12.1 Å². The fourth-order valence-corrected chi connectivity index (χ4v) is 2.42. The van der Waals surface area contributed by atoms with Gasteiger partial charge in [-0.25, -0.2) is 0 Å². The zero-order valence-electron chi connectivity index (χ0n) is 10.3. The van der Waals surface area contributed by atoms with E-state index >= 15 is 0 Å². The Morgan fingerprint density at radius 1 is 1.41 bits per heavy atom. The smallest absolute Gasteiger partial charge is 0.165 e. The van der Waals surface area contributed by atoms with Crippen LogP contribution < -0.4 is 0 Å². The maximum absolute atomic E-state index is 12.2. The van der Waals surface area contributed by atoms with Gasteiger partial charge in [-0.3, -0.25) is 4.79 Å². The van der Waals surface area contributed by atoms with Gasteiger partial charge in [0.2, 0.25) is 0 Å². The van der Waals surface area contributed by atoms with Crippen molar-refractivity contribution in [3.63, 3.8) is 0 Å². The van der Waals surface area contributed by atoms with Crippen LogP contribution in [0.2, 0.25) is 5.02 Å². The molecule has 0 aromatic heterocycles. The van der Waals surface area contributed by atoms with Crippen molar-refractivity contribution >= 4 is 17.4 Å². The van der Waals surface area contributed by atoms with Gasteiger partial charge in [-0.05, 0) is 49.9 Å². The number of ketones is 1. The minimum absolute atomic E-state index is 0.109. The minimum Gasteiger partial charge on any atom is -0.378 e. The molecule has 3 heteroatoms. The SMILES string of the molecule is Cc1cc(C(=O)CC2CCCO2)c(C)cc1Cl. The summed E-state index contributed by atoms with van der Waals surface area (Å²) in [5, 5.41) is 0.719. The Morgan fingerprint density at radius 2 is 2.18 bits per heavy atom. The molecule has 1 aromatic rings. The second-order valence-electron chi connectivity index (χ2n) is 4.68. The van der Waals surface area contributed by atoms with Crippen LogP contribution in [0, 0.1) is 13.8 Å². The molecule has 0 spiro atoms. The van der Waals surface area contributed by atoms with Crippen LogP contribution in [0.25, 0.3) is 0 Å². The van der Waals surface area contributed by atoms with Crippen molar-refractivity contribution in [2.45, 2.75) is 39.2 Å². The van der Waals surface area contributed by atoms with Crippen molar-refractivity contribution in [2.24, 2.45) is 0 Å². The fourth-order valence-electron chi connectivity index (χ4n) is 2.20. The molecule has 1 fully saturated rings. The lowest BCUT2D eigenvalue weighted by Gasteiger charge is -2.11. The molecule has 0 amide bonds. The monoisotopic (exact) mass is 252 g/mol. The fraction of sp³-hybridized carbons (Fsp3) is 0.500. The highest BCUT2D eigenvalue weighted by Gasteiger charge is 2.21. The second-order valence-corrected chi connectivity index (χ2v) is 5.09. The number of aryl methyl sites for hydroxylation is 2. The number of benzene rings is 1. The predicted molar refractivity (Wildman–Crippen MR) is 68.8 cm³/mol. The minimum atomic E-state index is 0.109. The molecule has 1 aliphatic rings. The maximum atomic E-state index is 12.2. The highest BCUT2D eigenvalue weighted by Crippen LogP contribution is 2.24. The molecule has 0 aliphatic carbocycles. The zero-order valence-corrected chi connectivity index (χ0v) is 11.0. The van der Waals surface area contributed by atoms with Gasteiger partial charge in [-0.15, -0.1) is 0 Å². The Morgan fingerprint density at radius 3 is 2.82 bits per heavy atom. The molecular formula is C14H17ClO2. The van der Waals surface area contributed by atoms with Crippen molar-refractivity contribution in [2.75, 3.05) is 6.61 Å². The maximum Gasteiger partial charge on any atom is 0.165 e. The van der Waals surface area contributed by atoms with E-state index in [1.165, 1.54) is 0 Å². The second kappa shape index (κ2) is 5.19. The Bertz CT molecular complexity index is 434. The molecule has 1 aliphatic heterocycles. The first kappa shape index (κ1) is 12.6. The summed E-state index contributed by atoms with van der Waals surface area (Å²) in [4.78, 5) is 12.2. The molecule has 0 saturated carbocycles. The molecule has 1 aromatic carbocycles. The number of halogens is 1. The highest BCUT2D eigenvalue weighted by atomic mass is 35.5. The van der Waals surface area contributed by atoms with Gasteiger partial charge in [0.25, 0.3) is 0 Å². The van der Waals surface area contributed by atoms with Crippen LogP contribution in [0.5, 0.6) is 0 Å². The summed E-state index contributed by atoms with van der Waals surface area (Å²) in [5.74, 6) is 0.161. The predicted octanol–water partition coefficient (Wildman–Crippen LogP) is 3.71. The van der Waals surface area contributed by atoms with Gasteiger partial charge in [0, 0.05) is 23.6 Å². The van der Waals surface area contributed by atoms with Crippen LogP contribution in [0.1, 0.15) is 40.7 Å². The van der Waals surface area contributed by atoms with Crippen LogP contribution in [0.3, 0.4) is 0 Å². The lowest BCUT2D eigenvalue weighted by atomic mass is 9.98. The summed E-state index contributed by atoms with van der Waals surface area (Å²) < 4.78 is 5.49. The molecule has 0 radical (unpaired) electrons. The van der Waals surface area contributed by atoms with E-state index in [0.29, 0.717) is 6.42 Å². The van der Waals surface area contributed by atoms with Gasteiger partial charge < -0.3 is 4.74 Å². The van der Waals surface area contributed by atoms with Crippen molar-refractivity contribution in [1.29, 1.82) is 0 Å². The summed E-state index contributed by atoms with van der Waals surface area (Å²) in [7, 11) is 0. The summed E-state index contributed by atoms with van der Waals surface area (Å²) >= 11 is 6.02. The van der Waals surface area contributed by atoms with E-state index in [9.17, 15) is 4.79 Å². The van der Waals surface area contributed by atoms with E-state index in [4.69, 9.17) is 16.3 Å². The number of ether oxygens (including phenoxy) is 1. The molecule has 17 heavy (non-hydrogen) atoms. The largest absolute Gasteiger partial charge is 0.378 e. The van der Waals surface area contributed by atoms with E-state index in [1.54, 1.807) is 0 Å². The van der Waals surface area contributed by atoms with Crippen molar-refractivity contribution in [1.82, 2.24) is 0 Å². The Hall–Kier alpha value is -0.860.